The van der Waals surface area contributed by atoms with Crippen LogP contribution < -0.4 is 0 Å². The lowest BCUT2D eigenvalue weighted by atomic mass is 9.73. The highest BCUT2D eigenvalue weighted by molar-refractivity contribution is 5.88. The first kappa shape index (κ1) is 14.1. The van der Waals surface area contributed by atoms with E-state index in [0.29, 0.717) is 11.8 Å². The molecule has 17 heavy (non-hydrogen) atoms. The molecule has 0 heterocycles. The van der Waals surface area contributed by atoms with Gasteiger partial charge in [0, 0.05) is 11.6 Å². The summed E-state index contributed by atoms with van der Waals surface area (Å²) in [5.74, 6) is 1.80. The molecule has 1 saturated carbocycles. The number of nitrogens with one attached hydrogen (secondary N) is 1. The van der Waals surface area contributed by atoms with Gasteiger partial charge in [0.2, 0.25) is 0 Å². The fourth-order valence-corrected chi connectivity index (χ4v) is 2.89. The molecule has 0 aromatic carbocycles. The Hall–Kier alpha value is -0.930. The Bertz CT molecular complexity index is 273. The van der Waals surface area contributed by atoms with Crippen LogP contribution in [0.5, 0.6) is 0 Å². The number of hydrazone groups is 1. The van der Waals surface area contributed by atoms with Crippen LogP contribution in [0.4, 0.5) is 0 Å². The van der Waals surface area contributed by atoms with E-state index in [1.807, 2.05) is 0 Å². The number of nitrogens with zero attached hydrogens (tertiary/aromatic N) is 3. The quantitative estimate of drug-likeness (QED) is 0.437. The Labute approximate surface area is 105 Å². The van der Waals surface area contributed by atoms with Gasteiger partial charge in [-0.1, -0.05) is 45.3 Å². The van der Waals surface area contributed by atoms with Crippen molar-refractivity contribution in [2.75, 3.05) is 7.05 Å². The van der Waals surface area contributed by atoms with Crippen molar-refractivity contribution in [1.82, 2.24) is 5.12 Å². The van der Waals surface area contributed by atoms with Gasteiger partial charge in [0.25, 0.3) is 0 Å². The van der Waals surface area contributed by atoms with Crippen LogP contribution in [0.1, 0.15) is 52.9 Å². The predicted octanol–water partition coefficient (Wildman–Crippen LogP) is 4.09. The summed E-state index contributed by atoms with van der Waals surface area (Å²) in [6.45, 7) is 6.66. The van der Waals surface area contributed by atoms with Crippen LogP contribution in [-0.2, 0) is 0 Å². The standard InChI is InChI=1S/C13H26N4/c1-5-11-8-6-7-9-12(11)13(10(2)3)15-17(4)16-14/h10-12,14H,5-9H2,1-4H3/b15-13-,16-14?. The molecule has 1 rings (SSSR count). The molecule has 0 saturated heterocycles. The highest BCUT2D eigenvalue weighted by Gasteiger charge is 2.29. The van der Waals surface area contributed by atoms with Gasteiger partial charge < -0.3 is 0 Å². The monoisotopic (exact) mass is 238 g/mol. The number of hydrogen-bond acceptors (Lipinski definition) is 3. The van der Waals surface area contributed by atoms with E-state index in [2.05, 4.69) is 31.1 Å². The summed E-state index contributed by atoms with van der Waals surface area (Å²) in [6, 6.07) is 0. The molecule has 4 heteroatoms. The van der Waals surface area contributed by atoms with E-state index in [9.17, 15) is 0 Å². The third-order valence-corrected chi connectivity index (χ3v) is 3.81. The van der Waals surface area contributed by atoms with Crippen molar-refractivity contribution in [2.45, 2.75) is 52.9 Å². The molecule has 0 aromatic heterocycles. The minimum Gasteiger partial charge on any atom is -0.185 e. The highest BCUT2D eigenvalue weighted by atomic mass is 15.7. The summed E-state index contributed by atoms with van der Waals surface area (Å²) in [7, 11) is 1.74. The van der Waals surface area contributed by atoms with Crippen molar-refractivity contribution < 1.29 is 0 Å². The minimum atomic E-state index is 0.441. The molecule has 1 aliphatic rings. The van der Waals surface area contributed by atoms with Crippen LogP contribution in [0.25, 0.3) is 0 Å². The summed E-state index contributed by atoms with van der Waals surface area (Å²) in [5.41, 5.74) is 8.23. The van der Waals surface area contributed by atoms with Gasteiger partial charge in [0.1, 0.15) is 0 Å². The molecule has 0 bridgehead atoms. The van der Waals surface area contributed by atoms with Crippen LogP contribution in [-0.4, -0.2) is 17.9 Å². The Morgan fingerprint density at radius 2 is 2.00 bits per heavy atom. The van der Waals surface area contributed by atoms with Gasteiger partial charge >= 0.3 is 0 Å². The second-order valence-electron chi connectivity index (χ2n) is 5.33. The first-order valence-corrected chi connectivity index (χ1v) is 6.79. The summed E-state index contributed by atoms with van der Waals surface area (Å²) in [5, 5.41) is 9.25. The SMILES string of the molecule is CCC1CCCCC1/C(=N\N(C)N=N)C(C)C. The third kappa shape index (κ3) is 3.79. The second kappa shape index (κ2) is 6.72. The molecule has 0 aromatic rings. The zero-order valence-corrected chi connectivity index (χ0v) is 11.6. The molecule has 1 N–H and O–H groups in total. The molecule has 4 nitrogen and oxygen atoms in total. The number of hydrogen-bond donors (Lipinski definition) is 1. The van der Waals surface area contributed by atoms with E-state index < -0.39 is 0 Å². The van der Waals surface area contributed by atoms with E-state index in [0.717, 1.165) is 5.92 Å². The zero-order chi connectivity index (χ0) is 12.8. The fraction of sp³-hybridized carbons (Fsp3) is 0.923. The van der Waals surface area contributed by atoms with Crippen molar-refractivity contribution in [1.29, 1.82) is 5.53 Å². The maximum absolute atomic E-state index is 7.00. The molecule has 0 amide bonds. The van der Waals surface area contributed by atoms with Crippen LogP contribution in [0.2, 0.25) is 0 Å². The lowest BCUT2D eigenvalue weighted by Crippen LogP contribution is -2.31. The largest absolute Gasteiger partial charge is 0.185 e. The van der Waals surface area contributed by atoms with Crippen LogP contribution in [0.3, 0.4) is 0 Å². The highest BCUT2D eigenvalue weighted by Crippen LogP contribution is 2.35. The zero-order valence-electron chi connectivity index (χ0n) is 11.6. The van der Waals surface area contributed by atoms with Gasteiger partial charge in [-0.2, -0.15) is 15.8 Å². The molecule has 0 aliphatic heterocycles. The normalized spacial score (nSPS) is 26.1. The first-order chi connectivity index (χ1) is 8.10. The Morgan fingerprint density at radius 1 is 1.35 bits per heavy atom. The molecular formula is C13H26N4. The molecule has 0 radical (unpaired) electrons. The van der Waals surface area contributed by atoms with Gasteiger partial charge in [-0.15, -0.1) is 0 Å². The molecule has 0 spiro atoms. The summed E-state index contributed by atoms with van der Waals surface area (Å²) >= 11 is 0. The topological polar surface area (TPSA) is 51.8 Å². The van der Waals surface area contributed by atoms with Crippen LogP contribution in [0, 0.1) is 23.3 Å². The average Bonchev–Trinajstić information content (AvgIpc) is 2.35. The Balaban J connectivity index is 2.88. The van der Waals surface area contributed by atoms with Crippen molar-refractivity contribution in [3.05, 3.63) is 0 Å². The predicted molar refractivity (Wildman–Crippen MR) is 70.9 cm³/mol. The van der Waals surface area contributed by atoms with Gasteiger partial charge in [-0.05, 0) is 24.7 Å². The Morgan fingerprint density at radius 3 is 2.53 bits per heavy atom. The van der Waals surface area contributed by atoms with Gasteiger partial charge in [-0.25, -0.2) is 0 Å². The molecule has 2 atom stereocenters. The lowest BCUT2D eigenvalue weighted by molar-refractivity contribution is 0.274. The van der Waals surface area contributed by atoms with Crippen LogP contribution >= 0.6 is 0 Å². The van der Waals surface area contributed by atoms with Gasteiger partial charge in [0.15, 0.2) is 0 Å². The van der Waals surface area contributed by atoms with E-state index in [-0.39, 0.29) is 0 Å². The molecule has 98 valence electrons. The number of rotatable bonds is 5. The molecule has 1 aliphatic carbocycles. The van der Waals surface area contributed by atoms with E-state index in [1.54, 1.807) is 7.05 Å². The maximum atomic E-state index is 7.00. The average molecular weight is 238 g/mol. The third-order valence-electron chi connectivity index (χ3n) is 3.81. The molecule has 1 fully saturated rings. The lowest BCUT2D eigenvalue weighted by Gasteiger charge is -2.33. The van der Waals surface area contributed by atoms with Gasteiger partial charge in [0.05, 0.1) is 7.05 Å². The van der Waals surface area contributed by atoms with Crippen molar-refractivity contribution in [3.63, 3.8) is 0 Å². The first-order valence-electron chi connectivity index (χ1n) is 6.79. The fourth-order valence-electron chi connectivity index (χ4n) is 2.89. The summed E-state index contributed by atoms with van der Waals surface area (Å²) in [6.07, 6.45) is 6.49. The van der Waals surface area contributed by atoms with Crippen molar-refractivity contribution in [2.24, 2.45) is 28.1 Å². The van der Waals surface area contributed by atoms with E-state index in [4.69, 9.17) is 5.53 Å². The van der Waals surface area contributed by atoms with E-state index in [1.165, 1.54) is 42.9 Å². The molecule has 2 unspecified atom stereocenters. The van der Waals surface area contributed by atoms with E-state index >= 15 is 0 Å². The minimum absolute atomic E-state index is 0.441. The van der Waals surface area contributed by atoms with Crippen molar-refractivity contribution >= 4 is 5.71 Å². The summed E-state index contributed by atoms with van der Waals surface area (Å²) in [4.78, 5) is 0. The smallest absolute Gasteiger partial charge is 0.0513 e. The Kier molecular flexibility index (Phi) is 5.59. The molecular weight excluding hydrogens is 212 g/mol. The van der Waals surface area contributed by atoms with Gasteiger partial charge in [-0.3, -0.25) is 0 Å². The van der Waals surface area contributed by atoms with Crippen LogP contribution in [0.15, 0.2) is 10.3 Å². The summed E-state index contributed by atoms with van der Waals surface area (Å²) < 4.78 is 0. The van der Waals surface area contributed by atoms with Crippen molar-refractivity contribution in [3.8, 4) is 0 Å². The second-order valence-corrected chi connectivity index (χ2v) is 5.33. The maximum Gasteiger partial charge on any atom is 0.0513 e.